The Labute approximate surface area is 136 Å². The summed E-state index contributed by atoms with van der Waals surface area (Å²) in [5, 5.41) is 9.72. The van der Waals surface area contributed by atoms with Gasteiger partial charge in [0, 0.05) is 0 Å². The van der Waals surface area contributed by atoms with Crippen molar-refractivity contribution in [1.82, 2.24) is 19.5 Å². The first-order valence-electron chi connectivity index (χ1n) is 7.17. The van der Waals surface area contributed by atoms with E-state index in [2.05, 4.69) is 15.0 Å². The van der Waals surface area contributed by atoms with E-state index in [-0.39, 0.29) is 17.7 Å². The molecule has 0 unspecified atom stereocenters. The van der Waals surface area contributed by atoms with Crippen LogP contribution < -0.4 is 5.73 Å². The van der Waals surface area contributed by atoms with Gasteiger partial charge in [-0.05, 0) is 25.4 Å². The lowest BCUT2D eigenvalue weighted by Gasteiger charge is -2.24. The molecule has 0 spiro atoms. The maximum absolute atomic E-state index is 9.56. The molecule has 0 bridgehead atoms. The van der Waals surface area contributed by atoms with Crippen molar-refractivity contribution in [2.24, 2.45) is 0 Å². The van der Waals surface area contributed by atoms with Crippen LogP contribution in [-0.2, 0) is 14.2 Å². The number of nitrogens with two attached hydrogens (primary N) is 1. The highest BCUT2D eigenvalue weighted by molar-refractivity contribution is 6.29. The van der Waals surface area contributed by atoms with E-state index in [1.54, 1.807) is 4.57 Å². The Balaban J connectivity index is 1.82. The summed E-state index contributed by atoms with van der Waals surface area (Å²) in [7, 11) is 0. The van der Waals surface area contributed by atoms with Gasteiger partial charge in [0.2, 0.25) is 5.28 Å². The third-order valence-electron chi connectivity index (χ3n) is 4.02. The lowest BCUT2D eigenvalue weighted by Crippen LogP contribution is -2.31. The zero-order valence-electron chi connectivity index (χ0n) is 12.5. The van der Waals surface area contributed by atoms with Crippen LogP contribution in [0.15, 0.2) is 6.33 Å². The molecule has 0 saturated carbocycles. The topological polar surface area (TPSA) is 118 Å². The third-order valence-corrected chi connectivity index (χ3v) is 4.29. The molecule has 0 amide bonds. The molecule has 9 nitrogen and oxygen atoms in total. The molecule has 0 aliphatic carbocycles. The fourth-order valence-electron chi connectivity index (χ4n) is 3.14. The van der Waals surface area contributed by atoms with Gasteiger partial charge in [-0.25, -0.2) is 15.0 Å². The minimum atomic E-state index is -0.776. The molecule has 3 N–H and O–H groups in total. The Morgan fingerprint density at radius 3 is 2.83 bits per heavy atom. The summed E-state index contributed by atoms with van der Waals surface area (Å²) < 4.78 is 19.2. The Bertz CT molecular complexity index is 766. The van der Waals surface area contributed by atoms with Crippen LogP contribution in [0.2, 0.25) is 5.28 Å². The molecule has 2 aromatic rings. The number of ether oxygens (including phenoxy) is 3. The molecule has 2 fully saturated rings. The minimum absolute atomic E-state index is 0.155. The number of anilines is 1. The molecule has 2 aromatic heterocycles. The highest BCUT2D eigenvalue weighted by Crippen LogP contribution is 2.44. The molecule has 124 valence electrons. The number of nitrogen functional groups attached to an aromatic ring is 1. The number of hydrogen-bond acceptors (Lipinski definition) is 8. The van der Waals surface area contributed by atoms with Gasteiger partial charge in [-0.3, -0.25) is 4.57 Å². The van der Waals surface area contributed by atoms with Crippen molar-refractivity contribution in [1.29, 1.82) is 0 Å². The van der Waals surface area contributed by atoms with Crippen molar-refractivity contribution in [3.05, 3.63) is 11.6 Å². The molecule has 2 saturated heterocycles. The molecule has 2 aliphatic heterocycles. The largest absolute Gasteiger partial charge is 0.394 e. The molecule has 4 heterocycles. The zero-order chi connectivity index (χ0) is 16.4. The van der Waals surface area contributed by atoms with Gasteiger partial charge in [0.25, 0.3) is 0 Å². The predicted molar refractivity (Wildman–Crippen MR) is 79.6 cm³/mol. The number of aromatic nitrogens is 4. The van der Waals surface area contributed by atoms with Crippen molar-refractivity contribution in [2.75, 3.05) is 12.3 Å². The van der Waals surface area contributed by atoms with Gasteiger partial charge in [0.05, 0.1) is 6.61 Å². The van der Waals surface area contributed by atoms with E-state index in [9.17, 15) is 5.11 Å². The summed E-state index contributed by atoms with van der Waals surface area (Å²) in [5.41, 5.74) is 6.65. The molecule has 4 rings (SSSR count). The van der Waals surface area contributed by atoms with Gasteiger partial charge in [-0.1, -0.05) is 0 Å². The van der Waals surface area contributed by atoms with Gasteiger partial charge in [0.15, 0.2) is 29.0 Å². The standard InChI is InChI=1S/C13H16ClN5O4/c1-13(2)22-7-5(3-20)21-11(8(7)23-13)19-10-6(18-12(19)14)9(15)16-4-17-10/h4-5,7-8,11,20H,3H2,1-2H3,(H2,15,16,17)/t5-,7+,8+,11-/m1/s1. The number of imidazole rings is 1. The van der Waals surface area contributed by atoms with E-state index in [0.717, 1.165) is 0 Å². The molecule has 0 radical (unpaired) electrons. The van der Waals surface area contributed by atoms with Crippen molar-refractivity contribution >= 4 is 28.6 Å². The predicted octanol–water partition coefficient (Wildman–Crippen LogP) is 0.472. The second-order valence-corrected chi connectivity index (χ2v) is 6.33. The summed E-state index contributed by atoms with van der Waals surface area (Å²) in [6.45, 7) is 3.42. The van der Waals surface area contributed by atoms with E-state index in [0.29, 0.717) is 11.2 Å². The second-order valence-electron chi connectivity index (χ2n) is 5.99. The van der Waals surface area contributed by atoms with Crippen LogP contribution in [0.25, 0.3) is 11.2 Å². The van der Waals surface area contributed by atoms with Gasteiger partial charge in [0.1, 0.15) is 24.6 Å². The van der Waals surface area contributed by atoms with Gasteiger partial charge < -0.3 is 25.1 Å². The SMILES string of the molecule is CC1(C)O[C@@H]2[C@H](O1)[C@H](n1c(Cl)nc3c(N)ncnc31)O[C@@H]2CO. The van der Waals surface area contributed by atoms with Gasteiger partial charge in [-0.2, -0.15) is 0 Å². The van der Waals surface area contributed by atoms with Crippen LogP contribution in [0.1, 0.15) is 20.1 Å². The van der Waals surface area contributed by atoms with Crippen molar-refractivity contribution in [2.45, 2.75) is 44.2 Å². The van der Waals surface area contributed by atoms with Gasteiger partial charge in [-0.15, -0.1) is 0 Å². The van der Waals surface area contributed by atoms with Crippen LogP contribution in [0.4, 0.5) is 5.82 Å². The van der Waals surface area contributed by atoms with E-state index in [4.69, 9.17) is 31.5 Å². The lowest BCUT2D eigenvalue weighted by atomic mass is 10.1. The first-order valence-corrected chi connectivity index (χ1v) is 7.55. The number of rotatable bonds is 2. The van der Waals surface area contributed by atoms with E-state index in [1.807, 2.05) is 13.8 Å². The summed E-state index contributed by atoms with van der Waals surface area (Å²) in [6.07, 6.45) is -0.691. The fraction of sp³-hybridized carbons (Fsp3) is 0.615. The Hall–Kier alpha value is -1.52. The monoisotopic (exact) mass is 341 g/mol. The fourth-order valence-corrected chi connectivity index (χ4v) is 3.40. The van der Waals surface area contributed by atoms with Crippen molar-refractivity contribution in [3.8, 4) is 0 Å². The van der Waals surface area contributed by atoms with E-state index < -0.39 is 30.3 Å². The Kier molecular flexibility index (Phi) is 3.26. The minimum Gasteiger partial charge on any atom is -0.394 e. The average Bonchev–Trinajstić information content (AvgIpc) is 3.08. The number of halogens is 1. The summed E-state index contributed by atoms with van der Waals surface area (Å²) in [5.74, 6) is -0.547. The van der Waals surface area contributed by atoms with Crippen LogP contribution in [0.3, 0.4) is 0 Å². The average molecular weight is 342 g/mol. The van der Waals surface area contributed by atoms with Gasteiger partial charge >= 0.3 is 0 Å². The number of aliphatic hydroxyl groups excluding tert-OH is 1. The summed E-state index contributed by atoms with van der Waals surface area (Å²) in [6, 6.07) is 0. The zero-order valence-corrected chi connectivity index (χ0v) is 13.3. The maximum Gasteiger partial charge on any atom is 0.207 e. The van der Waals surface area contributed by atoms with Crippen molar-refractivity contribution in [3.63, 3.8) is 0 Å². The first kappa shape index (κ1) is 15.0. The first-order chi connectivity index (χ1) is 10.9. The van der Waals surface area contributed by atoms with Crippen LogP contribution in [0, 0.1) is 0 Å². The highest BCUT2D eigenvalue weighted by Gasteiger charge is 2.56. The molecule has 2 aliphatic rings. The highest BCUT2D eigenvalue weighted by atomic mass is 35.5. The normalized spacial score (nSPS) is 32.5. The van der Waals surface area contributed by atoms with Crippen LogP contribution in [-0.4, -0.2) is 55.3 Å². The van der Waals surface area contributed by atoms with Crippen LogP contribution in [0.5, 0.6) is 0 Å². The molecular formula is C13H16ClN5O4. The third kappa shape index (κ3) is 2.19. The summed E-state index contributed by atoms with van der Waals surface area (Å²) in [4.78, 5) is 12.3. The Morgan fingerprint density at radius 1 is 1.35 bits per heavy atom. The molecule has 0 aromatic carbocycles. The van der Waals surface area contributed by atoms with E-state index in [1.165, 1.54) is 6.33 Å². The van der Waals surface area contributed by atoms with Crippen molar-refractivity contribution < 1.29 is 19.3 Å². The molecule has 4 atom stereocenters. The quantitative estimate of drug-likeness (QED) is 0.757. The number of fused-ring (bicyclic) bond motifs is 2. The van der Waals surface area contributed by atoms with Crippen LogP contribution >= 0.6 is 11.6 Å². The van der Waals surface area contributed by atoms with E-state index >= 15 is 0 Å². The lowest BCUT2D eigenvalue weighted by molar-refractivity contribution is -0.199. The molecular weight excluding hydrogens is 326 g/mol. The molecule has 23 heavy (non-hydrogen) atoms. The maximum atomic E-state index is 9.56. The molecule has 10 heteroatoms. The Morgan fingerprint density at radius 2 is 2.09 bits per heavy atom. The summed E-state index contributed by atoms with van der Waals surface area (Å²) >= 11 is 6.26. The number of nitrogens with zero attached hydrogens (tertiary/aromatic N) is 4. The number of aliphatic hydroxyl groups is 1. The second kappa shape index (κ2) is 4.99. The number of hydrogen-bond donors (Lipinski definition) is 2. The smallest absolute Gasteiger partial charge is 0.207 e.